The molecule has 0 aliphatic heterocycles. The molecule has 0 radical (unpaired) electrons. The molecule has 1 N–H and O–H groups in total. The number of ether oxygens (including phenoxy) is 3. The molecule has 0 aliphatic rings. The molecular formula is C20H17N3O7. The van der Waals surface area contributed by atoms with Gasteiger partial charge >= 0.3 is 17.9 Å². The normalized spacial score (nSPS) is 10.3. The van der Waals surface area contributed by atoms with Crippen LogP contribution in [0.25, 0.3) is 5.65 Å². The van der Waals surface area contributed by atoms with Crippen molar-refractivity contribution in [2.75, 3.05) is 26.1 Å². The Morgan fingerprint density at radius 2 is 1.63 bits per heavy atom. The molecule has 3 rings (SSSR count). The molecule has 0 fully saturated rings. The predicted molar refractivity (Wildman–Crippen MR) is 103 cm³/mol. The Labute approximate surface area is 170 Å². The largest absolute Gasteiger partial charge is 0.465 e. The Morgan fingerprint density at radius 3 is 2.23 bits per heavy atom. The van der Waals surface area contributed by atoms with Crippen molar-refractivity contribution in [1.29, 1.82) is 0 Å². The minimum Gasteiger partial charge on any atom is -0.465 e. The molecule has 10 nitrogen and oxygen atoms in total. The molecule has 3 aromatic rings. The van der Waals surface area contributed by atoms with E-state index in [2.05, 4.69) is 19.8 Å². The van der Waals surface area contributed by atoms with E-state index in [1.54, 1.807) is 28.8 Å². The summed E-state index contributed by atoms with van der Waals surface area (Å²) in [7, 11) is 2.37. The summed E-state index contributed by atoms with van der Waals surface area (Å²) >= 11 is 0. The number of hydrogen-bond donors (Lipinski definition) is 1. The monoisotopic (exact) mass is 411 g/mol. The molecule has 0 aliphatic carbocycles. The highest BCUT2D eigenvalue weighted by molar-refractivity contribution is 6.00. The quantitative estimate of drug-likeness (QED) is 0.480. The third-order valence-corrected chi connectivity index (χ3v) is 3.97. The van der Waals surface area contributed by atoms with Crippen LogP contribution < -0.4 is 5.32 Å². The van der Waals surface area contributed by atoms with Crippen molar-refractivity contribution in [2.45, 2.75) is 0 Å². The van der Waals surface area contributed by atoms with Gasteiger partial charge in [-0.3, -0.25) is 4.79 Å². The highest BCUT2D eigenvalue weighted by Gasteiger charge is 2.17. The molecule has 2 heterocycles. The number of methoxy groups -OCH3 is 2. The maximum absolute atomic E-state index is 12.2. The van der Waals surface area contributed by atoms with Gasteiger partial charge in [0.25, 0.3) is 5.91 Å². The zero-order chi connectivity index (χ0) is 21.7. The first-order chi connectivity index (χ1) is 14.4. The molecule has 0 bridgehead atoms. The van der Waals surface area contributed by atoms with Gasteiger partial charge in [-0.25, -0.2) is 19.4 Å². The summed E-state index contributed by atoms with van der Waals surface area (Å²) in [4.78, 5) is 52.0. The summed E-state index contributed by atoms with van der Waals surface area (Å²) < 4.78 is 15.9. The van der Waals surface area contributed by atoms with Gasteiger partial charge in [-0.15, -0.1) is 0 Å². The summed E-state index contributed by atoms with van der Waals surface area (Å²) in [5, 5.41) is 2.46. The summed E-state index contributed by atoms with van der Waals surface area (Å²) in [5.41, 5.74) is 0.820. The zero-order valence-corrected chi connectivity index (χ0v) is 16.1. The molecule has 0 saturated carbocycles. The minimum atomic E-state index is -0.771. The first-order valence-corrected chi connectivity index (χ1v) is 8.63. The van der Waals surface area contributed by atoms with Gasteiger partial charge in [-0.1, -0.05) is 6.07 Å². The second kappa shape index (κ2) is 8.86. The maximum Gasteiger partial charge on any atom is 0.359 e. The number of benzene rings is 1. The fourth-order valence-corrected chi connectivity index (χ4v) is 2.61. The van der Waals surface area contributed by atoms with Crippen molar-refractivity contribution >= 4 is 35.1 Å². The zero-order valence-electron chi connectivity index (χ0n) is 16.1. The summed E-state index contributed by atoms with van der Waals surface area (Å²) in [6, 6.07) is 9.19. The number of pyridine rings is 1. The van der Waals surface area contributed by atoms with Crippen LogP contribution in [0.2, 0.25) is 0 Å². The molecule has 0 saturated heterocycles. The van der Waals surface area contributed by atoms with Gasteiger partial charge in [-0.05, 0) is 30.3 Å². The molecule has 1 amide bonds. The third kappa shape index (κ3) is 4.61. The Morgan fingerprint density at radius 1 is 0.967 bits per heavy atom. The second-order valence-corrected chi connectivity index (χ2v) is 6.00. The first kappa shape index (κ1) is 20.5. The van der Waals surface area contributed by atoms with E-state index in [9.17, 15) is 19.2 Å². The van der Waals surface area contributed by atoms with Crippen LogP contribution in [0.15, 0.2) is 48.8 Å². The Hall–Kier alpha value is -4.21. The molecule has 0 atom stereocenters. The second-order valence-electron chi connectivity index (χ2n) is 6.00. The van der Waals surface area contributed by atoms with E-state index in [1.807, 2.05) is 0 Å². The Kier molecular flexibility index (Phi) is 6.06. The van der Waals surface area contributed by atoms with Crippen molar-refractivity contribution in [1.82, 2.24) is 9.38 Å². The molecule has 154 valence electrons. The predicted octanol–water partition coefficient (Wildman–Crippen LogP) is 1.70. The maximum atomic E-state index is 12.2. The number of aromatic nitrogens is 2. The number of carbonyl (C=O) groups excluding carboxylic acids is 4. The van der Waals surface area contributed by atoms with Crippen LogP contribution in [-0.4, -0.2) is 54.0 Å². The number of carbonyl (C=O) groups is 4. The number of esters is 3. The molecule has 0 spiro atoms. The molecule has 0 unspecified atom stereocenters. The minimum absolute atomic E-state index is 0.0393. The van der Waals surface area contributed by atoms with E-state index in [1.165, 1.54) is 38.6 Å². The van der Waals surface area contributed by atoms with Crippen molar-refractivity contribution in [3.05, 3.63) is 65.6 Å². The standard InChI is InChI=1S/C20H17N3O7/c1-28-18(25)12-7-13(19(26)29-2)9-14(8-12)21-17(24)11-30-20(27)15-10-23-6-4-3-5-16(23)22-15/h3-10H,11H2,1-2H3,(H,21,24). The van der Waals surface area contributed by atoms with Crippen LogP contribution in [0.1, 0.15) is 31.2 Å². The number of amides is 1. The number of rotatable bonds is 6. The van der Waals surface area contributed by atoms with Crippen LogP contribution >= 0.6 is 0 Å². The van der Waals surface area contributed by atoms with Gasteiger partial charge in [0, 0.05) is 18.1 Å². The molecular weight excluding hydrogens is 394 g/mol. The third-order valence-electron chi connectivity index (χ3n) is 3.97. The van der Waals surface area contributed by atoms with Crippen LogP contribution in [0, 0.1) is 0 Å². The number of nitrogens with zero attached hydrogens (tertiary/aromatic N) is 2. The van der Waals surface area contributed by atoms with E-state index in [-0.39, 0.29) is 22.5 Å². The number of anilines is 1. The topological polar surface area (TPSA) is 125 Å². The van der Waals surface area contributed by atoms with Crippen LogP contribution in [0.3, 0.4) is 0 Å². The summed E-state index contributed by atoms with van der Waals surface area (Å²) in [6.07, 6.45) is 3.21. The fraction of sp³-hybridized carbons (Fsp3) is 0.150. The summed E-state index contributed by atoms with van der Waals surface area (Å²) in [6.45, 7) is -0.595. The van der Waals surface area contributed by atoms with E-state index in [0.29, 0.717) is 5.65 Å². The SMILES string of the molecule is COC(=O)c1cc(NC(=O)COC(=O)c2cn3ccccc3n2)cc(C(=O)OC)c1. The van der Waals surface area contributed by atoms with Gasteiger partial charge in [0.15, 0.2) is 12.3 Å². The van der Waals surface area contributed by atoms with Gasteiger partial charge in [0.2, 0.25) is 0 Å². The molecule has 1 aromatic carbocycles. The van der Waals surface area contributed by atoms with Crippen molar-refractivity contribution in [3.8, 4) is 0 Å². The van der Waals surface area contributed by atoms with Gasteiger partial charge in [-0.2, -0.15) is 0 Å². The van der Waals surface area contributed by atoms with Crippen LogP contribution in [-0.2, 0) is 19.0 Å². The average Bonchev–Trinajstić information content (AvgIpc) is 3.20. The van der Waals surface area contributed by atoms with E-state index in [0.717, 1.165) is 0 Å². The molecule has 10 heteroatoms. The number of fused-ring (bicyclic) bond motifs is 1. The lowest BCUT2D eigenvalue weighted by atomic mass is 10.1. The van der Waals surface area contributed by atoms with Gasteiger partial charge in [0.05, 0.1) is 25.3 Å². The first-order valence-electron chi connectivity index (χ1n) is 8.63. The lowest BCUT2D eigenvalue weighted by Gasteiger charge is -2.09. The van der Waals surface area contributed by atoms with E-state index < -0.39 is 30.4 Å². The smallest absolute Gasteiger partial charge is 0.359 e. The van der Waals surface area contributed by atoms with Crippen LogP contribution in [0.5, 0.6) is 0 Å². The van der Waals surface area contributed by atoms with Crippen molar-refractivity contribution in [3.63, 3.8) is 0 Å². The highest BCUT2D eigenvalue weighted by Crippen LogP contribution is 2.17. The number of hydrogen-bond acceptors (Lipinski definition) is 8. The molecule has 30 heavy (non-hydrogen) atoms. The fourth-order valence-electron chi connectivity index (χ4n) is 2.61. The average molecular weight is 411 g/mol. The summed E-state index contributed by atoms with van der Waals surface area (Å²) in [5.74, 6) is -2.85. The van der Waals surface area contributed by atoms with E-state index in [4.69, 9.17) is 4.74 Å². The highest BCUT2D eigenvalue weighted by atomic mass is 16.5. The van der Waals surface area contributed by atoms with Crippen molar-refractivity contribution < 1.29 is 33.4 Å². The Balaban J connectivity index is 1.68. The lowest BCUT2D eigenvalue weighted by Crippen LogP contribution is -2.21. The molecule has 2 aromatic heterocycles. The van der Waals surface area contributed by atoms with E-state index >= 15 is 0 Å². The Bertz CT molecular complexity index is 1070. The lowest BCUT2D eigenvalue weighted by molar-refractivity contribution is -0.119. The number of nitrogens with one attached hydrogen (secondary N) is 1. The van der Waals surface area contributed by atoms with Crippen LogP contribution in [0.4, 0.5) is 5.69 Å². The van der Waals surface area contributed by atoms with Crippen molar-refractivity contribution in [2.24, 2.45) is 0 Å². The van der Waals surface area contributed by atoms with Gasteiger partial charge in [0.1, 0.15) is 5.65 Å². The number of imidazole rings is 1. The van der Waals surface area contributed by atoms with Gasteiger partial charge < -0.3 is 23.9 Å².